The minimum Gasteiger partial charge on any atom is -0.309 e. The summed E-state index contributed by atoms with van der Waals surface area (Å²) in [6, 6.07) is 18.9. The maximum atomic E-state index is 14.3. The van der Waals surface area contributed by atoms with Gasteiger partial charge in [0.1, 0.15) is 0 Å². The molecule has 0 saturated carbocycles. The molecule has 56 heavy (non-hydrogen) atoms. The van der Waals surface area contributed by atoms with Crippen LogP contribution >= 0.6 is 0 Å². The van der Waals surface area contributed by atoms with E-state index in [4.69, 9.17) is 0 Å². The van der Waals surface area contributed by atoms with E-state index in [9.17, 15) is 57.9 Å². The standard InChI is InChI=1S/C41H21F12N3/c1-21-14-25(20-54)32(22-10-12-55-13-11-22)19-35(21)56-36-15-23(28-8-4-26(38(42,43)44)17-33(28)40(48,49)50)2-6-30(36)31-7-3-24(16-37(31)56)29-9-5-27(39(45,46)47)18-34(29)41(51,52)53/h2-19H,1H3. The smallest absolute Gasteiger partial charge is 0.309 e. The highest BCUT2D eigenvalue weighted by Crippen LogP contribution is 2.46. The molecule has 0 saturated heterocycles. The van der Waals surface area contributed by atoms with Crippen LogP contribution in [0.25, 0.3) is 60.9 Å². The van der Waals surface area contributed by atoms with Crippen LogP contribution in [0.5, 0.6) is 0 Å². The Morgan fingerprint density at radius 2 is 0.964 bits per heavy atom. The second kappa shape index (κ2) is 13.2. The van der Waals surface area contributed by atoms with Crippen molar-refractivity contribution in [2.75, 3.05) is 0 Å². The highest BCUT2D eigenvalue weighted by molar-refractivity contribution is 6.11. The minimum atomic E-state index is -5.21. The highest BCUT2D eigenvalue weighted by Gasteiger charge is 2.40. The average molecular weight is 784 g/mol. The predicted molar refractivity (Wildman–Crippen MR) is 184 cm³/mol. The van der Waals surface area contributed by atoms with Crippen molar-refractivity contribution < 1.29 is 52.7 Å². The molecule has 0 fully saturated rings. The summed E-state index contributed by atoms with van der Waals surface area (Å²) in [6.07, 6.45) is -17.6. The summed E-state index contributed by atoms with van der Waals surface area (Å²) in [5, 5.41) is 10.8. The number of halogens is 12. The van der Waals surface area contributed by atoms with Crippen LogP contribution < -0.4 is 0 Å². The molecule has 2 heterocycles. The Morgan fingerprint density at radius 3 is 1.38 bits per heavy atom. The Morgan fingerprint density at radius 1 is 0.500 bits per heavy atom. The van der Waals surface area contributed by atoms with Crippen LogP contribution in [0.1, 0.15) is 33.4 Å². The van der Waals surface area contributed by atoms with Gasteiger partial charge in [0.05, 0.1) is 44.9 Å². The molecular formula is C41H21F12N3. The molecule has 7 aromatic rings. The van der Waals surface area contributed by atoms with Crippen molar-refractivity contribution in [1.82, 2.24) is 9.55 Å². The number of aromatic nitrogens is 2. The molecule has 0 spiro atoms. The first-order valence-electron chi connectivity index (χ1n) is 16.3. The highest BCUT2D eigenvalue weighted by atomic mass is 19.4. The molecule has 284 valence electrons. The third-order valence-electron chi connectivity index (χ3n) is 9.38. The van der Waals surface area contributed by atoms with Crippen molar-refractivity contribution >= 4 is 21.8 Å². The summed E-state index contributed by atoms with van der Waals surface area (Å²) in [7, 11) is 0. The number of hydrogen-bond acceptors (Lipinski definition) is 2. The van der Waals surface area contributed by atoms with Crippen LogP contribution in [0.15, 0.2) is 109 Å². The van der Waals surface area contributed by atoms with Gasteiger partial charge in [0.25, 0.3) is 0 Å². The van der Waals surface area contributed by atoms with Gasteiger partial charge in [-0.2, -0.15) is 57.9 Å². The fourth-order valence-electron chi connectivity index (χ4n) is 6.83. The van der Waals surface area contributed by atoms with Gasteiger partial charge in [-0.05, 0) is 101 Å². The lowest BCUT2D eigenvalue weighted by Gasteiger charge is -2.18. The lowest BCUT2D eigenvalue weighted by Crippen LogP contribution is -2.12. The van der Waals surface area contributed by atoms with Gasteiger partial charge < -0.3 is 4.57 Å². The lowest BCUT2D eigenvalue weighted by atomic mass is 9.95. The number of benzene rings is 5. The van der Waals surface area contributed by atoms with Crippen LogP contribution in [0.4, 0.5) is 52.7 Å². The number of pyridine rings is 1. The van der Waals surface area contributed by atoms with Crippen molar-refractivity contribution in [1.29, 1.82) is 5.26 Å². The van der Waals surface area contributed by atoms with Crippen LogP contribution in [0, 0.1) is 18.3 Å². The molecule has 0 aliphatic rings. The average Bonchev–Trinajstić information content (AvgIpc) is 3.45. The number of alkyl halides is 12. The van der Waals surface area contributed by atoms with Crippen molar-refractivity contribution in [3.8, 4) is 45.1 Å². The zero-order valence-electron chi connectivity index (χ0n) is 28.3. The number of rotatable bonds is 4. The zero-order valence-corrected chi connectivity index (χ0v) is 28.3. The SMILES string of the molecule is Cc1cc(C#N)c(-c2ccncc2)cc1-n1c2cc(-c3ccc(C(F)(F)F)cc3C(F)(F)F)ccc2c2ccc(-c3ccc(C(F)(F)F)cc3C(F)(F)F)cc21. The van der Waals surface area contributed by atoms with Crippen molar-refractivity contribution in [2.45, 2.75) is 31.6 Å². The van der Waals surface area contributed by atoms with Gasteiger partial charge in [0.15, 0.2) is 0 Å². The molecule has 0 radical (unpaired) electrons. The first kappa shape index (κ1) is 38.0. The summed E-state index contributed by atoms with van der Waals surface area (Å²) in [5.41, 5.74) is -5.36. The van der Waals surface area contributed by atoms with Gasteiger partial charge in [-0.25, -0.2) is 0 Å². The molecule has 0 N–H and O–H groups in total. The third kappa shape index (κ3) is 6.80. The molecule has 0 unspecified atom stereocenters. The fourth-order valence-corrected chi connectivity index (χ4v) is 6.83. The van der Waals surface area contributed by atoms with Gasteiger partial charge in [-0.15, -0.1) is 0 Å². The first-order valence-corrected chi connectivity index (χ1v) is 16.3. The van der Waals surface area contributed by atoms with Crippen LogP contribution in [-0.4, -0.2) is 9.55 Å². The van der Waals surface area contributed by atoms with E-state index >= 15 is 0 Å². The molecule has 0 aliphatic carbocycles. The van der Waals surface area contributed by atoms with Gasteiger partial charge in [-0.3, -0.25) is 4.98 Å². The Kier molecular flexibility index (Phi) is 8.94. The van der Waals surface area contributed by atoms with Crippen molar-refractivity contribution in [2.24, 2.45) is 0 Å². The summed E-state index contributed by atoms with van der Waals surface area (Å²) < 4.78 is 169. The maximum absolute atomic E-state index is 14.3. The van der Waals surface area contributed by atoms with E-state index in [0.717, 1.165) is 0 Å². The number of nitriles is 1. The monoisotopic (exact) mass is 783 g/mol. The second-order valence-corrected chi connectivity index (χ2v) is 12.8. The molecule has 0 bridgehead atoms. The van der Waals surface area contributed by atoms with Crippen LogP contribution in [-0.2, 0) is 24.7 Å². The quantitative estimate of drug-likeness (QED) is 0.167. The summed E-state index contributed by atoms with van der Waals surface area (Å²) in [5.74, 6) is 0. The van der Waals surface area contributed by atoms with E-state index in [1.807, 2.05) is 0 Å². The first-order chi connectivity index (χ1) is 26.2. The molecule has 7 rings (SSSR count). The number of hydrogen-bond donors (Lipinski definition) is 0. The van der Waals surface area contributed by atoms with E-state index in [1.54, 1.807) is 25.1 Å². The Balaban J connectivity index is 1.57. The molecule has 0 amide bonds. The Labute approximate surface area is 308 Å². The van der Waals surface area contributed by atoms with Crippen molar-refractivity contribution in [3.05, 3.63) is 143 Å². The van der Waals surface area contributed by atoms with Gasteiger partial charge in [0, 0.05) is 34.4 Å². The fraction of sp³-hybridized carbons (Fsp3) is 0.122. The minimum absolute atomic E-state index is 0.00933. The van der Waals surface area contributed by atoms with Crippen LogP contribution in [0.3, 0.4) is 0 Å². The second-order valence-electron chi connectivity index (χ2n) is 12.8. The zero-order chi connectivity index (χ0) is 40.5. The van der Waals surface area contributed by atoms with E-state index in [-0.39, 0.29) is 39.9 Å². The maximum Gasteiger partial charge on any atom is 0.417 e. The molecule has 15 heteroatoms. The van der Waals surface area contributed by atoms with E-state index in [0.29, 0.717) is 57.4 Å². The number of nitrogens with zero attached hydrogens (tertiary/aromatic N) is 3. The third-order valence-corrected chi connectivity index (χ3v) is 9.38. The van der Waals surface area contributed by atoms with Crippen molar-refractivity contribution in [3.63, 3.8) is 0 Å². The number of fused-ring (bicyclic) bond motifs is 3. The summed E-state index contributed by atoms with van der Waals surface area (Å²) in [4.78, 5) is 3.99. The number of aryl methyl sites for hydroxylation is 1. The lowest BCUT2D eigenvalue weighted by molar-refractivity contribution is -0.144. The van der Waals surface area contributed by atoms with Gasteiger partial charge >= 0.3 is 24.7 Å². The summed E-state index contributed by atoms with van der Waals surface area (Å²) in [6.45, 7) is 1.62. The van der Waals surface area contributed by atoms with E-state index in [1.165, 1.54) is 59.4 Å². The van der Waals surface area contributed by atoms with E-state index < -0.39 is 58.1 Å². The Bertz CT molecular complexity index is 2580. The molecular weight excluding hydrogens is 762 g/mol. The van der Waals surface area contributed by atoms with E-state index in [2.05, 4.69) is 11.1 Å². The van der Waals surface area contributed by atoms with Gasteiger partial charge in [-0.1, -0.05) is 36.4 Å². The molecule has 0 atom stereocenters. The Hall–Kier alpha value is -6.30. The normalized spacial score (nSPS) is 12.7. The van der Waals surface area contributed by atoms with Crippen LogP contribution in [0.2, 0.25) is 0 Å². The molecule has 2 aromatic heterocycles. The summed E-state index contributed by atoms with van der Waals surface area (Å²) >= 11 is 0. The molecule has 5 aromatic carbocycles. The van der Waals surface area contributed by atoms with Gasteiger partial charge in [0.2, 0.25) is 0 Å². The predicted octanol–water partition coefficient (Wildman–Crippen LogP) is 13.4. The molecule has 0 aliphatic heterocycles. The topological polar surface area (TPSA) is 41.6 Å². The molecule has 3 nitrogen and oxygen atoms in total. The largest absolute Gasteiger partial charge is 0.417 e.